The van der Waals surface area contributed by atoms with Crippen molar-refractivity contribution in [1.82, 2.24) is 5.32 Å². The molecule has 2 aromatic carbocycles. The number of rotatable bonds is 6. The zero-order valence-electron chi connectivity index (χ0n) is 11.3. The van der Waals surface area contributed by atoms with E-state index in [0.29, 0.717) is 17.3 Å². The smallest absolute Gasteiger partial charge is 0.257 e. The summed E-state index contributed by atoms with van der Waals surface area (Å²) in [6, 6.07) is 15.3. The van der Waals surface area contributed by atoms with Gasteiger partial charge in [0.2, 0.25) is 0 Å². The average molecular weight is 369 g/mol. The number of ether oxygens (including phenoxy) is 1. The van der Waals surface area contributed by atoms with Crippen molar-refractivity contribution < 1.29 is 9.53 Å². The molecule has 5 heteroatoms. The molecule has 21 heavy (non-hydrogen) atoms. The van der Waals surface area contributed by atoms with Crippen molar-refractivity contribution in [1.29, 1.82) is 0 Å². The summed E-state index contributed by atoms with van der Waals surface area (Å²) in [4.78, 5) is 11.7. The highest BCUT2D eigenvalue weighted by molar-refractivity contribution is 9.10. The Hall–Kier alpha value is -1.52. The number of carbonyl (C=O) groups excluding carboxylic acids is 1. The summed E-state index contributed by atoms with van der Waals surface area (Å²) < 4.78 is 6.26. The lowest BCUT2D eigenvalue weighted by Gasteiger charge is -2.09. The Morgan fingerprint density at radius 3 is 2.67 bits per heavy atom. The molecule has 0 radical (unpaired) electrons. The summed E-state index contributed by atoms with van der Waals surface area (Å²) in [7, 11) is 0. The second-order valence-corrected chi connectivity index (χ2v) is 5.77. The Balaban J connectivity index is 1.72. The third-order valence-corrected chi connectivity index (χ3v) is 3.62. The molecule has 110 valence electrons. The molecule has 0 aliphatic carbocycles. The maximum Gasteiger partial charge on any atom is 0.257 e. The van der Waals surface area contributed by atoms with Crippen molar-refractivity contribution in [2.75, 3.05) is 13.2 Å². The Bertz CT molecular complexity index is 604. The van der Waals surface area contributed by atoms with Crippen LogP contribution in [0, 0.1) is 0 Å². The topological polar surface area (TPSA) is 38.3 Å². The number of carbonyl (C=O) groups is 1. The zero-order chi connectivity index (χ0) is 15.1. The largest absolute Gasteiger partial charge is 0.482 e. The van der Waals surface area contributed by atoms with Gasteiger partial charge in [0.1, 0.15) is 5.75 Å². The lowest BCUT2D eigenvalue weighted by atomic mass is 10.1. The van der Waals surface area contributed by atoms with Gasteiger partial charge in [0.25, 0.3) is 5.91 Å². The molecule has 0 heterocycles. The van der Waals surface area contributed by atoms with E-state index in [4.69, 9.17) is 16.3 Å². The number of nitrogens with one attached hydrogen (secondary N) is 1. The van der Waals surface area contributed by atoms with Crippen LogP contribution >= 0.6 is 27.5 Å². The molecule has 0 aliphatic rings. The average Bonchev–Trinajstić information content (AvgIpc) is 2.47. The molecule has 0 saturated carbocycles. The van der Waals surface area contributed by atoms with E-state index in [0.717, 1.165) is 10.9 Å². The monoisotopic (exact) mass is 367 g/mol. The third kappa shape index (κ3) is 5.40. The van der Waals surface area contributed by atoms with Crippen LogP contribution in [0.3, 0.4) is 0 Å². The third-order valence-electron chi connectivity index (χ3n) is 2.83. The molecule has 0 fully saturated rings. The SMILES string of the molecule is O=C(COc1ccc(Br)cc1Cl)NCCc1ccccc1. The lowest BCUT2D eigenvalue weighted by molar-refractivity contribution is -0.123. The summed E-state index contributed by atoms with van der Waals surface area (Å²) in [5.74, 6) is 0.336. The van der Waals surface area contributed by atoms with E-state index in [-0.39, 0.29) is 12.5 Å². The minimum atomic E-state index is -0.162. The molecule has 1 N–H and O–H groups in total. The fraction of sp³-hybridized carbons (Fsp3) is 0.188. The number of hydrogen-bond donors (Lipinski definition) is 1. The first kappa shape index (κ1) is 15.9. The fourth-order valence-corrected chi connectivity index (χ4v) is 2.51. The summed E-state index contributed by atoms with van der Waals surface area (Å²) in [5, 5.41) is 3.29. The highest BCUT2D eigenvalue weighted by atomic mass is 79.9. The number of amides is 1. The van der Waals surface area contributed by atoms with Crippen LogP contribution in [0.4, 0.5) is 0 Å². The van der Waals surface area contributed by atoms with Gasteiger partial charge in [0.15, 0.2) is 6.61 Å². The van der Waals surface area contributed by atoms with Crippen LogP contribution in [0.25, 0.3) is 0 Å². The minimum absolute atomic E-state index is 0.0455. The van der Waals surface area contributed by atoms with E-state index in [1.807, 2.05) is 36.4 Å². The standard InChI is InChI=1S/C16H15BrClNO2/c17-13-6-7-15(14(18)10-13)21-11-16(20)19-9-8-12-4-2-1-3-5-12/h1-7,10H,8-9,11H2,(H,19,20). The number of halogens is 2. The normalized spacial score (nSPS) is 10.2. The van der Waals surface area contributed by atoms with Crippen LogP contribution < -0.4 is 10.1 Å². The van der Waals surface area contributed by atoms with Crippen molar-refractivity contribution in [3.8, 4) is 5.75 Å². The van der Waals surface area contributed by atoms with Crippen LogP contribution in [-0.4, -0.2) is 19.1 Å². The summed E-state index contributed by atoms with van der Waals surface area (Å²) in [5.41, 5.74) is 1.19. The number of benzene rings is 2. The van der Waals surface area contributed by atoms with Gasteiger partial charge in [-0.3, -0.25) is 4.79 Å². The highest BCUT2D eigenvalue weighted by Crippen LogP contribution is 2.27. The Morgan fingerprint density at radius 1 is 1.19 bits per heavy atom. The van der Waals surface area contributed by atoms with E-state index >= 15 is 0 Å². The van der Waals surface area contributed by atoms with Crippen LogP contribution in [0.2, 0.25) is 5.02 Å². The second-order valence-electron chi connectivity index (χ2n) is 4.45. The fourth-order valence-electron chi connectivity index (χ4n) is 1.78. The molecule has 2 aromatic rings. The van der Waals surface area contributed by atoms with E-state index in [1.54, 1.807) is 12.1 Å². The Labute approximate surface area is 137 Å². The summed E-state index contributed by atoms with van der Waals surface area (Å²) in [6.07, 6.45) is 0.797. The molecule has 0 unspecified atom stereocenters. The van der Waals surface area contributed by atoms with E-state index < -0.39 is 0 Å². The van der Waals surface area contributed by atoms with Crippen molar-refractivity contribution in [3.05, 3.63) is 63.6 Å². The predicted octanol–water partition coefficient (Wildman–Crippen LogP) is 3.84. The van der Waals surface area contributed by atoms with Crippen LogP contribution in [0.1, 0.15) is 5.56 Å². The molecular formula is C16H15BrClNO2. The summed E-state index contributed by atoms with van der Waals surface area (Å²) >= 11 is 9.32. The van der Waals surface area contributed by atoms with Crippen molar-refractivity contribution in [2.24, 2.45) is 0 Å². The summed E-state index contributed by atoms with van der Waals surface area (Å²) in [6.45, 7) is 0.538. The van der Waals surface area contributed by atoms with Gasteiger partial charge in [0.05, 0.1) is 5.02 Å². The van der Waals surface area contributed by atoms with E-state index in [1.165, 1.54) is 5.56 Å². The Morgan fingerprint density at radius 2 is 1.95 bits per heavy atom. The van der Waals surface area contributed by atoms with Crippen LogP contribution in [-0.2, 0) is 11.2 Å². The van der Waals surface area contributed by atoms with Gasteiger partial charge >= 0.3 is 0 Å². The van der Waals surface area contributed by atoms with E-state index in [9.17, 15) is 4.79 Å². The molecule has 0 spiro atoms. The zero-order valence-corrected chi connectivity index (χ0v) is 13.7. The van der Waals surface area contributed by atoms with Crippen molar-refractivity contribution in [2.45, 2.75) is 6.42 Å². The van der Waals surface area contributed by atoms with Gasteiger partial charge < -0.3 is 10.1 Å². The molecule has 0 bridgehead atoms. The molecule has 0 saturated heterocycles. The predicted molar refractivity (Wildman–Crippen MR) is 87.8 cm³/mol. The van der Waals surface area contributed by atoms with Crippen LogP contribution in [0.15, 0.2) is 53.0 Å². The van der Waals surface area contributed by atoms with Crippen molar-refractivity contribution >= 4 is 33.4 Å². The molecule has 2 rings (SSSR count). The molecule has 0 aromatic heterocycles. The van der Waals surface area contributed by atoms with Gasteiger partial charge in [-0.1, -0.05) is 57.9 Å². The van der Waals surface area contributed by atoms with Gasteiger partial charge in [-0.05, 0) is 30.2 Å². The first-order valence-electron chi connectivity index (χ1n) is 6.53. The maximum atomic E-state index is 11.7. The van der Waals surface area contributed by atoms with Crippen LogP contribution in [0.5, 0.6) is 5.75 Å². The van der Waals surface area contributed by atoms with Gasteiger partial charge in [0, 0.05) is 11.0 Å². The van der Waals surface area contributed by atoms with E-state index in [2.05, 4.69) is 21.2 Å². The van der Waals surface area contributed by atoms with Gasteiger partial charge in [-0.15, -0.1) is 0 Å². The van der Waals surface area contributed by atoms with Crippen molar-refractivity contribution in [3.63, 3.8) is 0 Å². The van der Waals surface area contributed by atoms with Gasteiger partial charge in [-0.2, -0.15) is 0 Å². The molecule has 0 atom stereocenters. The highest BCUT2D eigenvalue weighted by Gasteiger charge is 2.06. The first-order chi connectivity index (χ1) is 10.1. The minimum Gasteiger partial charge on any atom is -0.482 e. The molecule has 3 nitrogen and oxygen atoms in total. The second kappa shape index (κ2) is 8.05. The first-order valence-corrected chi connectivity index (χ1v) is 7.71. The number of hydrogen-bond acceptors (Lipinski definition) is 2. The quantitative estimate of drug-likeness (QED) is 0.841. The molecule has 1 amide bonds. The molecule has 0 aliphatic heterocycles. The van der Waals surface area contributed by atoms with Gasteiger partial charge in [-0.25, -0.2) is 0 Å². The maximum absolute atomic E-state index is 11.7. The Kier molecular flexibility index (Phi) is 6.08. The molecular weight excluding hydrogens is 354 g/mol. The lowest BCUT2D eigenvalue weighted by Crippen LogP contribution is -2.30.